The first kappa shape index (κ1) is 24.1. The number of esters is 1. The van der Waals surface area contributed by atoms with Crippen molar-refractivity contribution in [2.24, 2.45) is 0 Å². The molecule has 0 radical (unpaired) electrons. The molecule has 0 spiro atoms. The largest absolute Gasteiger partial charge is 0.465 e. The summed E-state index contributed by atoms with van der Waals surface area (Å²) in [7, 11) is 1.36. The molecule has 0 saturated carbocycles. The zero-order valence-electron chi connectivity index (χ0n) is 19.6. The van der Waals surface area contributed by atoms with E-state index in [0.29, 0.717) is 29.5 Å². The van der Waals surface area contributed by atoms with E-state index in [0.717, 1.165) is 28.2 Å². The highest BCUT2D eigenvalue weighted by Gasteiger charge is 2.15. The van der Waals surface area contributed by atoms with Crippen molar-refractivity contribution in [2.45, 2.75) is 26.9 Å². The standard InChI is InChI=1S/C25H25FN6O2S/c1-16-23(17(2)32(30-16)13-18-8-10-20(26)11-9-18)29-25(35)28-21-12-27-31(15-21)14-19-6-4-5-7-22(19)24(33)34-3/h4-12,15H,13-14H2,1-3H3,(H2,28,29,35). The smallest absolute Gasteiger partial charge is 0.338 e. The second-order valence-electron chi connectivity index (χ2n) is 7.98. The van der Waals surface area contributed by atoms with Crippen LogP contribution in [-0.2, 0) is 17.8 Å². The molecule has 0 aliphatic rings. The highest BCUT2D eigenvalue weighted by atomic mass is 32.1. The summed E-state index contributed by atoms with van der Waals surface area (Å²) < 4.78 is 21.6. The van der Waals surface area contributed by atoms with Crippen molar-refractivity contribution in [3.63, 3.8) is 0 Å². The Hall–Kier alpha value is -4.05. The highest BCUT2D eigenvalue weighted by molar-refractivity contribution is 7.80. The monoisotopic (exact) mass is 492 g/mol. The van der Waals surface area contributed by atoms with Gasteiger partial charge in [-0.15, -0.1) is 0 Å². The third-order valence-electron chi connectivity index (χ3n) is 5.51. The second-order valence-corrected chi connectivity index (χ2v) is 8.39. The van der Waals surface area contributed by atoms with Crippen LogP contribution < -0.4 is 10.6 Å². The van der Waals surface area contributed by atoms with Gasteiger partial charge in [0.25, 0.3) is 0 Å². The molecule has 180 valence electrons. The van der Waals surface area contributed by atoms with Crippen LogP contribution in [0.5, 0.6) is 0 Å². The van der Waals surface area contributed by atoms with Gasteiger partial charge in [0.05, 0.1) is 54.7 Å². The average molecular weight is 493 g/mol. The fraction of sp³-hybridized carbons (Fsp3) is 0.200. The Balaban J connectivity index is 1.41. The Kier molecular flexibility index (Phi) is 7.21. The van der Waals surface area contributed by atoms with Crippen molar-refractivity contribution in [1.82, 2.24) is 19.6 Å². The number of benzene rings is 2. The molecule has 0 saturated heterocycles. The van der Waals surface area contributed by atoms with Crippen molar-refractivity contribution in [3.05, 3.63) is 94.8 Å². The topological polar surface area (TPSA) is 86.0 Å². The lowest BCUT2D eigenvalue weighted by molar-refractivity contribution is 0.0599. The van der Waals surface area contributed by atoms with Gasteiger partial charge in [-0.05, 0) is 55.4 Å². The quantitative estimate of drug-likeness (QED) is 0.290. The van der Waals surface area contributed by atoms with Gasteiger partial charge in [0.2, 0.25) is 0 Å². The molecule has 10 heteroatoms. The molecular weight excluding hydrogens is 467 g/mol. The molecule has 4 rings (SSSR count). The van der Waals surface area contributed by atoms with Crippen LogP contribution in [-0.4, -0.2) is 37.8 Å². The van der Waals surface area contributed by atoms with Gasteiger partial charge < -0.3 is 15.4 Å². The molecule has 2 aromatic carbocycles. The van der Waals surface area contributed by atoms with E-state index >= 15 is 0 Å². The van der Waals surface area contributed by atoms with E-state index in [1.54, 1.807) is 41.3 Å². The number of methoxy groups -OCH3 is 1. The molecule has 0 unspecified atom stereocenters. The van der Waals surface area contributed by atoms with Crippen LogP contribution >= 0.6 is 12.2 Å². The number of aryl methyl sites for hydroxylation is 1. The lowest BCUT2D eigenvalue weighted by atomic mass is 10.1. The van der Waals surface area contributed by atoms with Crippen LogP contribution in [0.2, 0.25) is 0 Å². The molecule has 0 amide bonds. The average Bonchev–Trinajstić information content (AvgIpc) is 3.39. The van der Waals surface area contributed by atoms with Crippen molar-refractivity contribution in [2.75, 3.05) is 17.7 Å². The minimum absolute atomic E-state index is 0.267. The van der Waals surface area contributed by atoms with Gasteiger partial charge in [0.15, 0.2) is 5.11 Å². The molecule has 2 N–H and O–H groups in total. The van der Waals surface area contributed by atoms with Crippen molar-refractivity contribution >= 4 is 34.7 Å². The van der Waals surface area contributed by atoms with Gasteiger partial charge in [-0.25, -0.2) is 9.18 Å². The number of halogens is 1. The first-order valence-electron chi connectivity index (χ1n) is 10.9. The fourth-order valence-electron chi connectivity index (χ4n) is 3.73. The zero-order chi connectivity index (χ0) is 24.9. The summed E-state index contributed by atoms with van der Waals surface area (Å²) in [6.07, 6.45) is 3.46. The Bertz CT molecular complexity index is 1360. The minimum Gasteiger partial charge on any atom is -0.465 e. The zero-order valence-corrected chi connectivity index (χ0v) is 20.4. The number of thiocarbonyl (C=S) groups is 1. The van der Waals surface area contributed by atoms with Crippen LogP contribution in [0.3, 0.4) is 0 Å². The molecule has 35 heavy (non-hydrogen) atoms. The molecule has 0 aliphatic carbocycles. The van der Waals surface area contributed by atoms with Crippen LogP contribution in [0.4, 0.5) is 15.8 Å². The maximum atomic E-state index is 13.2. The number of ether oxygens (including phenoxy) is 1. The van der Waals surface area contributed by atoms with Crippen molar-refractivity contribution < 1.29 is 13.9 Å². The number of hydrogen-bond donors (Lipinski definition) is 2. The molecule has 8 nitrogen and oxygen atoms in total. The number of nitrogens with zero attached hydrogens (tertiary/aromatic N) is 4. The van der Waals surface area contributed by atoms with Gasteiger partial charge in [-0.2, -0.15) is 10.2 Å². The molecule has 4 aromatic rings. The van der Waals surface area contributed by atoms with E-state index in [1.807, 2.05) is 30.7 Å². The lowest BCUT2D eigenvalue weighted by Crippen LogP contribution is -2.19. The Labute approximate surface area is 207 Å². The Morgan fingerprint density at radius 1 is 1.09 bits per heavy atom. The summed E-state index contributed by atoms with van der Waals surface area (Å²) in [5.41, 5.74) is 5.46. The van der Waals surface area contributed by atoms with Gasteiger partial charge in [0, 0.05) is 6.20 Å². The third kappa shape index (κ3) is 5.72. The fourth-order valence-corrected chi connectivity index (χ4v) is 3.95. The number of nitrogens with one attached hydrogen (secondary N) is 2. The Morgan fingerprint density at radius 2 is 1.83 bits per heavy atom. The molecular formula is C25H25FN6O2S. The lowest BCUT2D eigenvalue weighted by Gasteiger charge is -2.10. The van der Waals surface area contributed by atoms with E-state index < -0.39 is 0 Å². The summed E-state index contributed by atoms with van der Waals surface area (Å²) in [6.45, 7) is 4.78. The molecule has 0 atom stereocenters. The summed E-state index contributed by atoms with van der Waals surface area (Å²) >= 11 is 5.50. The van der Waals surface area contributed by atoms with Crippen LogP contribution in [0.25, 0.3) is 0 Å². The Morgan fingerprint density at radius 3 is 2.57 bits per heavy atom. The van der Waals surface area contributed by atoms with Gasteiger partial charge in [-0.3, -0.25) is 9.36 Å². The maximum absolute atomic E-state index is 13.2. The number of aromatic nitrogens is 4. The number of anilines is 2. The maximum Gasteiger partial charge on any atom is 0.338 e. The van der Waals surface area contributed by atoms with Gasteiger partial charge >= 0.3 is 5.97 Å². The van der Waals surface area contributed by atoms with Crippen LogP contribution in [0, 0.1) is 19.7 Å². The van der Waals surface area contributed by atoms with Crippen LogP contribution in [0.15, 0.2) is 60.9 Å². The molecule has 0 aliphatic heterocycles. The first-order valence-corrected chi connectivity index (χ1v) is 11.3. The van der Waals surface area contributed by atoms with Gasteiger partial charge in [-0.1, -0.05) is 30.3 Å². The van der Waals surface area contributed by atoms with E-state index in [4.69, 9.17) is 17.0 Å². The molecule has 2 heterocycles. The minimum atomic E-state index is -0.387. The SMILES string of the molecule is COC(=O)c1ccccc1Cn1cc(NC(=S)Nc2c(C)nn(Cc3ccc(F)cc3)c2C)cn1. The molecule has 0 bridgehead atoms. The normalized spacial score (nSPS) is 10.7. The summed E-state index contributed by atoms with van der Waals surface area (Å²) in [6, 6.07) is 13.6. The van der Waals surface area contributed by atoms with Gasteiger partial charge in [0.1, 0.15) is 5.82 Å². The highest BCUT2D eigenvalue weighted by Crippen LogP contribution is 2.21. The van der Waals surface area contributed by atoms with E-state index in [9.17, 15) is 9.18 Å². The summed E-state index contributed by atoms with van der Waals surface area (Å²) in [5, 5.41) is 15.7. The van der Waals surface area contributed by atoms with Crippen LogP contribution in [0.1, 0.15) is 32.9 Å². The number of hydrogen-bond acceptors (Lipinski definition) is 5. The van der Waals surface area contributed by atoms with E-state index in [2.05, 4.69) is 20.8 Å². The van der Waals surface area contributed by atoms with Crippen molar-refractivity contribution in [1.29, 1.82) is 0 Å². The first-order chi connectivity index (χ1) is 16.8. The third-order valence-corrected chi connectivity index (χ3v) is 5.72. The predicted molar refractivity (Wildman–Crippen MR) is 136 cm³/mol. The van der Waals surface area contributed by atoms with Crippen molar-refractivity contribution in [3.8, 4) is 0 Å². The van der Waals surface area contributed by atoms with E-state index in [-0.39, 0.29) is 11.8 Å². The predicted octanol–water partition coefficient (Wildman–Crippen LogP) is 4.53. The molecule has 0 fully saturated rings. The number of carbonyl (C=O) groups is 1. The number of rotatable bonds is 7. The van der Waals surface area contributed by atoms with E-state index in [1.165, 1.54) is 19.2 Å². The summed E-state index contributed by atoms with van der Waals surface area (Å²) in [5.74, 6) is -0.654. The second kappa shape index (κ2) is 10.5. The molecule has 2 aromatic heterocycles. The number of carbonyl (C=O) groups excluding carboxylic acids is 1. The summed E-state index contributed by atoms with van der Waals surface area (Å²) in [4.78, 5) is 12.0.